The van der Waals surface area contributed by atoms with Crippen molar-refractivity contribution in [2.75, 3.05) is 19.6 Å². The topological polar surface area (TPSA) is 54.5 Å². The van der Waals surface area contributed by atoms with Gasteiger partial charge in [0.2, 0.25) is 0 Å². The lowest BCUT2D eigenvalue weighted by Gasteiger charge is -2.36. The Morgan fingerprint density at radius 3 is 3.04 bits per heavy atom. The second-order valence-corrected chi connectivity index (χ2v) is 5.98. The first-order valence-electron chi connectivity index (χ1n) is 7.94. The van der Waals surface area contributed by atoms with Crippen LogP contribution in [0.25, 0.3) is 0 Å². The largest absolute Gasteiger partial charge is 0.372 e. The number of pyridine rings is 1. The van der Waals surface area contributed by atoms with Crippen LogP contribution in [-0.2, 0) is 18.0 Å². The van der Waals surface area contributed by atoms with E-state index in [1.54, 1.807) is 6.20 Å². The van der Waals surface area contributed by atoms with Crippen LogP contribution in [0.4, 0.5) is 0 Å². The smallest absolute Gasteiger partial charge is 0.254 e. The normalized spacial score (nSPS) is 20.3. The van der Waals surface area contributed by atoms with Crippen LogP contribution in [0.15, 0.2) is 42.7 Å². The third kappa shape index (κ3) is 2.73. The van der Waals surface area contributed by atoms with Gasteiger partial charge in [0, 0.05) is 37.6 Å². The molecule has 0 radical (unpaired) electrons. The number of carbonyl (C=O) groups excluding carboxylic acids is 1. The summed E-state index contributed by atoms with van der Waals surface area (Å²) in [6.45, 7) is 3.52. The lowest BCUT2D eigenvalue weighted by atomic mass is 10.0. The van der Waals surface area contributed by atoms with Gasteiger partial charge in [-0.25, -0.2) is 0 Å². The molecule has 1 aromatic heterocycles. The molecule has 1 atom stereocenters. The second-order valence-electron chi connectivity index (χ2n) is 5.98. The zero-order valence-corrected chi connectivity index (χ0v) is 12.9. The molecule has 1 amide bonds. The van der Waals surface area contributed by atoms with Crippen LogP contribution >= 0.6 is 0 Å². The summed E-state index contributed by atoms with van der Waals surface area (Å²) < 4.78 is 5.44. The van der Waals surface area contributed by atoms with Gasteiger partial charge in [-0.2, -0.15) is 0 Å². The number of nitrogens with one attached hydrogen (secondary N) is 1. The van der Waals surface area contributed by atoms with Crippen LogP contribution in [0.5, 0.6) is 0 Å². The number of nitrogens with zero attached hydrogens (tertiary/aromatic N) is 2. The molecule has 2 aromatic rings. The summed E-state index contributed by atoms with van der Waals surface area (Å²) in [5.41, 5.74) is 4.12. The van der Waals surface area contributed by atoms with Crippen molar-refractivity contribution in [2.24, 2.45) is 0 Å². The highest BCUT2D eigenvalue weighted by atomic mass is 16.5. The predicted octanol–water partition coefficient (Wildman–Crippen LogP) is 1.90. The van der Waals surface area contributed by atoms with Gasteiger partial charge in [-0.1, -0.05) is 12.1 Å². The van der Waals surface area contributed by atoms with E-state index in [0.29, 0.717) is 19.8 Å². The van der Waals surface area contributed by atoms with Crippen LogP contribution in [-0.4, -0.2) is 35.4 Å². The lowest BCUT2D eigenvalue weighted by molar-refractivity contribution is 0.0634. The van der Waals surface area contributed by atoms with Crippen molar-refractivity contribution >= 4 is 5.91 Å². The molecule has 5 nitrogen and oxygen atoms in total. The first-order chi connectivity index (χ1) is 11.3. The Morgan fingerprint density at radius 2 is 2.17 bits per heavy atom. The van der Waals surface area contributed by atoms with Gasteiger partial charge in [-0.3, -0.25) is 9.78 Å². The van der Waals surface area contributed by atoms with Crippen molar-refractivity contribution in [3.63, 3.8) is 0 Å². The van der Waals surface area contributed by atoms with Gasteiger partial charge in [-0.05, 0) is 34.9 Å². The van der Waals surface area contributed by atoms with Crippen molar-refractivity contribution in [1.29, 1.82) is 0 Å². The predicted molar refractivity (Wildman–Crippen MR) is 85.8 cm³/mol. The average Bonchev–Trinajstić information content (AvgIpc) is 3.09. The maximum Gasteiger partial charge on any atom is 0.254 e. The Bertz CT molecular complexity index is 717. The Labute approximate surface area is 135 Å². The third-order valence-corrected chi connectivity index (χ3v) is 4.54. The van der Waals surface area contributed by atoms with Crippen LogP contribution in [0.3, 0.4) is 0 Å². The van der Waals surface area contributed by atoms with Gasteiger partial charge in [0.05, 0.1) is 19.3 Å². The quantitative estimate of drug-likeness (QED) is 0.920. The minimum absolute atomic E-state index is 0.0226. The number of amides is 1. The first-order valence-corrected chi connectivity index (χ1v) is 7.94. The highest BCUT2D eigenvalue weighted by molar-refractivity contribution is 5.95. The Balaban J connectivity index is 1.63. The van der Waals surface area contributed by atoms with Gasteiger partial charge in [0.25, 0.3) is 5.91 Å². The molecule has 118 valence electrons. The summed E-state index contributed by atoms with van der Waals surface area (Å²) in [5.74, 6) is 0.0788. The van der Waals surface area contributed by atoms with E-state index in [0.717, 1.165) is 29.8 Å². The molecule has 1 aromatic carbocycles. The summed E-state index contributed by atoms with van der Waals surface area (Å²) in [5, 5.41) is 3.37. The lowest BCUT2D eigenvalue weighted by Crippen LogP contribution is -2.48. The summed E-state index contributed by atoms with van der Waals surface area (Å²) in [6, 6.07) is 9.87. The maximum atomic E-state index is 13.0. The Kier molecular flexibility index (Phi) is 3.81. The average molecular weight is 309 g/mol. The molecule has 2 aliphatic heterocycles. The summed E-state index contributed by atoms with van der Waals surface area (Å²) in [7, 11) is 0. The van der Waals surface area contributed by atoms with Crippen LogP contribution in [0, 0.1) is 0 Å². The molecule has 23 heavy (non-hydrogen) atoms. The van der Waals surface area contributed by atoms with E-state index in [1.807, 2.05) is 41.4 Å². The highest BCUT2D eigenvalue weighted by Crippen LogP contribution is 2.26. The van der Waals surface area contributed by atoms with E-state index >= 15 is 0 Å². The molecule has 3 heterocycles. The standard InChI is InChI=1S/C18H19N3O2/c22-18(13-3-4-15-11-23-12-16(15)8-13)21-7-6-20-10-17(21)14-2-1-5-19-9-14/h1-5,8-9,17,20H,6-7,10-12H2. The van der Waals surface area contributed by atoms with Crippen molar-refractivity contribution in [1.82, 2.24) is 15.2 Å². The summed E-state index contributed by atoms with van der Waals surface area (Å²) in [6.07, 6.45) is 3.60. The van der Waals surface area contributed by atoms with Crippen molar-refractivity contribution < 1.29 is 9.53 Å². The van der Waals surface area contributed by atoms with E-state index in [9.17, 15) is 4.79 Å². The maximum absolute atomic E-state index is 13.0. The fraction of sp³-hybridized carbons (Fsp3) is 0.333. The summed E-state index contributed by atoms with van der Waals surface area (Å²) in [4.78, 5) is 19.2. The van der Waals surface area contributed by atoms with Crippen LogP contribution < -0.4 is 5.32 Å². The highest BCUT2D eigenvalue weighted by Gasteiger charge is 2.29. The zero-order chi connectivity index (χ0) is 15.6. The van der Waals surface area contributed by atoms with E-state index in [1.165, 1.54) is 5.56 Å². The first kappa shape index (κ1) is 14.4. The van der Waals surface area contributed by atoms with Gasteiger partial charge in [-0.15, -0.1) is 0 Å². The van der Waals surface area contributed by atoms with Crippen molar-refractivity contribution in [3.05, 3.63) is 65.0 Å². The number of ether oxygens (including phenoxy) is 1. The molecular formula is C18H19N3O2. The third-order valence-electron chi connectivity index (χ3n) is 4.54. The van der Waals surface area contributed by atoms with Crippen molar-refractivity contribution in [3.8, 4) is 0 Å². The molecule has 0 bridgehead atoms. The molecule has 0 spiro atoms. The number of hydrogen-bond acceptors (Lipinski definition) is 4. The minimum Gasteiger partial charge on any atom is -0.372 e. The van der Waals surface area contributed by atoms with E-state index < -0.39 is 0 Å². The Morgan fingerprint density at radius 1 is 1.26 bits per heavy atom. The second kappa shape index (κ2) is 6.10. The van der Waals surface area contributed by atoms with Crippen LogP contribution in [0.2, 0.25) is 0 Å². The molecule has 2 aliphatic rings. The van der Waals surface area contributed by atoms with Gasteiger partial charge >= 0.3 is 0 Å². The molecule has 0 aliphatic carbocycles. The fourth-order valence-corrected chi connectivity index (χ4v) is 3.29. The number of benzene rings is 1. The molecule has 1 saturated heterocycles. The minimum atomic E-state index is 0.0226. The van der Waals surface area contributed by atoms with E-state index in [2.05, 4.69) is 10.3 Å². The molecule has 5 heteroatoms. The van der Waals surface area contributed by atoms with Gasteiger partial charge in [0.15, 0.2) is 0 Å². The molecule has 1 fully saturated rings. The number of carbonyl (C=O) groups is 1. The molecule has 1 unspecified atom stereocenters. The number of rotatable bonds is 2. The molecule has 4 rings (SSSR count). The molecular weight excluding hydrogens is 290 g/mol. The van der Waals surface area contributed by atoms with Crippen LogP contribution in [0.1, 0.15) is 33.1 Å². The Hall–Kier alpha value is -2.24. The molecule has 1 N–H and O–H groups in total. The number of piperazine rings is 1. The van der Waals surface area contributed by atoms with Crippen molar-refractivity contribution in [2.45, 2.75) is 19.3 Å². The SMILES string of the molecule is O=C(c1ccc2c(c1)COC2)N1CCNCC1c1cccnc1. The number of fused-ring (bicyclic) bond motifs is 1. The molecule has 0 saturated carbocycles. The van der Waals surface area contributed by atoms with Gasteiger partial charge in [0.1, 0.15) is 0 Å². The van der Waals surface area contributed by atoms with Gasteiger partial charge < -0.3 is 15.0 Å². The monoisotopic (exact) mass is 309 g/mol. The number of aromatic nitrogens is 1. The fourth-order valence-electron chi connectivity index (χ4n) is 3.29. The zero-order valence-electron chi connectivity index (χ0n) is 12.9. The van der Waals surface area contributed by atoms with E-state index in [-0.39, 0.29) is 11.9 Å². The summed E-state index contributed by atoms with van der Waals surface area (Å²) >= 11 is 0. The van der Waals surface area contributed by atoms with E-state index in [4.69, 9.17) is 4.74 Å². The number of hydrogen-bond donors (Lipinski definition) is 1.